The van der Waals surface area contributed by atoms with Gasteiger partial charge in [-0.3, -0.25) is 15.6 Å². The van der Waals surface area contributed by atoms with Gasteiger partial charge < -0.3 is 15.4 Å². The van der Waals surface area contributed by atoms with Crippen molar-refractivity contribution in [1.82, 2.24) is 10.9 Å². The summed E-state index contributed by atoms with van der Waals surface area (Å²) in [6.45, 7) is 7.46. The van der Waals surface area contributed by atoms with Crippen LogP contribution in [0.3, 0.4) is 0 Å². The van der Waals surface area contributed by atoms with E-state index in [0.717, 1.165) is 43.5 Å². The molecule has 262 valence electrons. The van der Waals surface area contributed by atoms with Gasteiger partial charge in [0.25, 0.3) is 0 Å². The van der Waals surface area contributed by atoms with Crippen molar-refractivity contribution in [3.63, 3.8) is 0 Å². The topological polar surface area (TPSA) is 99.1 Å². The van der Waals surface area contributed by atoms with Crippen molar-refractivity contribution in [2.24, 2.45) is 56.5 Å². The molecule has 0 unspecified atom stereocenters. The zero-order chi connectivity index (χ0) is 34.6. The number of benzene rings is 2. The lowest BCUT2D eigenvalue weighted by Gasteiger charge is -2.61. The van der Waals surface area contributed by atoms with Crippen LogP contribution in [0.5, 0.6) is 0 Å². The average molecular weight is 701 g/mol. The number of hydrazone groups is 2. The minimum absolute atomic E-state index is 0.105. The molecule has 10 heteroatoms. The maximum Gasteiger partial charge on any atom is 0.305 e. The predicted octanol–water partition coefficient (Wildman–Crippen LogP) is 8.53. The fourth-order valence-electron chi connectivity index (χ4n) is 10.2. The third-order valence-corrected chi connectivity index (χ3v) is 13.2. The van der Waals surface area contributed by atoms with E-state index in [1.165, 1.54) is 44.2 Å². The zero-order valence-corrected chi connectivity index (χ0v) is 31.0. The summed E-state index contributed by atoms with van der Waals surface area (Å²) in [6, 6.07) is 19.9. The Morgan fingerprint density at radius 1 is 0.857 bits per heavy atom. The number of fused-ring (bicyclic) bond motifs is 5. The highest BCUT2D eigenvalue weighted by Gasteiger charge is 2.62. The number of thiocarbonyl (C=S) groups is 2. The second-order valence-corrected chi connectivity index (χ2v) is 16.1. The van der Waals surface area contributed by atoms with Gasteiger partial charge in [0.2, 0.25) is 0 Å². The Labute approximate surface area is 302 Å². The Bertz CT molecular complexity index is 1570. The first kappa shape index (κ1) is 35.5. The SMILES string of the molecule is COC(=O)CC[C@@H](C)[C@H]1CC[C@H]2[C@@H]3/C(=N/NC(=S)Nc4ccccc4)C[C@@H]4C/C(=N/NC(=S)Nc5ccccc5)CC[C@]4(C)[C@H]3CC[C@]12C. The van der Waals surface area contributed by atoms with E-state index in [4.69, 9.17) is 39.4 Å². The van der Waals surface area contributed by atoms with Crippen LogP contribution < -0.4 is 21.5 Å². The lowest BCUT2D eigenvalue weighted by Crippen LogP contribution is -2.57. The van der Waals surface area contributed by atoms with E-state index in [1.807, 2.05) is 60.7 Å². The zero-order valence-electron chi connectivity index (χ0n) is 29.3. The lowest BCUT2D eigenvalue weighted by molar-refractivity contribution is -0.141. The van der Waals surface area contributed by atoms with Crippen molar-refractivity contribution in [2.75, 3.05) is 17.7 Å². The lowest BCUT2D eigenvalue weighted by atomic mass is 9.44. The maximum atomic E-state index is 12.0. The highest BCUT2D eigenvalue weighted by Crippen LogP contribution is 2.67. The molecule has 4 fully saturated rings. The van der Waals surface area contributed by atoms with Crippen LogP contribution in [0.25, 0.3) is 0 Å². The van der Waals surface area contributed by atoms with Crippen LogP contribution in [0.2, 0.25) is 0 Å². The second kappa shape index (κ2) is 15.3. The highest BCUT2D eigenvalue weighted by atomic mass is 32.1. The molecule has 8 nitrogen and oxygen atoms in total. The molecule has 0 saturated heterocycles. The van der Waals surface area contributed by atoms with Crippen LogP contribution in [0, 0.1) is 46.3 Å². The quantitative estimate of drug-likeness (QED) is 0.124. The first-order chi connectivity index (χ1) is 23.6. The van der Waals surface area contributed by atoms with Crippen LogP contribution in [0.15, 0.2) is 70.9 Å². The van der Waals surface area contributed by atoms with Gasteiger partial charge in [0.05, 0.1) is 7.11 Å². The van der Waals surface area contributed by atoms with E-state index >= 15 is 0 Å². The summed E-state index contributed by atoms with van der Waals surface area (Å²) in [6.07, 6.45) is 10.2. The van der Waals surface area contributed by atoms with Gasteiger partial charge >= 0.3 is 5.97 Å². The number of methoxy groups -OCH3 is 1. The largest absolute Gasteiger partial charge is 0.469 e. The average Bonchev–Trinajstić information content (AvgIpc) is 3.46. The Kier molecular flexibility index (Phi) is 11.0. The Hall–Kier alpha value is -3.37. The van der Waals surface area contributed by atoms with E-state index < -0.39 is 0 Å². The summed E-state index contributed by atoms with van der Waals surface area (Å²) >= 11 is 11.3. The smallest absolute Gasteiger partial charge is 0.305 e. The van der Waals surface area contributed by atoms with Crippen molar-refractivity contribution in [1.29, 1.82) is 0 Å². The Balaban J connectivity index is 1.22. The normalized spacial score (nSPS) is 32.6. The molecule has 0 heterocycles. The van der Waals surface area contributed by atoms with Crippen molar-refractivity contribution in [3.05, 3.63) is 60.7 Å². The van der Waals surface area contributed by atoms with E-state index in [9.17, 15) is 4.79 Å². The van der Waals surface area contributed by atoms with Crippen LogP contribution >= 0.6 is 24.4 Å². The molecule has 49 heavy (non-hydrogen) atoms. The summed E-state index contributed by atoms with van der Waals surface area (Å²) < 4.78 is 4.98. The number of para-hydroxylation sites is 2. The number of anilines is 2. The summed E-state index contributed by atoms with van der Waals surface area (Å²) in [5.41, 5.74) is 11.1. The van der Waals surface area contributed by atoms with Crippen molar-refractivity contribution in [3.8, 4) is 0 Å². The Morgan fingerprint density at radius 2 is 1.47 bits per heavy atom. The number of hydrogen-bond acceptors (Lipinski definition) is 6. The minimum atomic E-state index is -0.105. The molecule has 4 N–H and O–H groups in total. The van der Waals surface area contributed by atoms with Gasteiger partial charge in [-0.15, -0.1) is 0 Å². The summed E-state index contributed by atoms with van der Waals surface area (Å²) in [7, 11) is 1.49. The van der Waals surface area contributed by atoms with Gasteiger partial charge in [0.15, 0.2) is 10.2 Å². The standard InChI is InChI=1S/C39H52N6O2S2/c1-25(15-18-34(46)47-4)30-16-17-31-35-32(20-22-39(30,31)3)38(2)21-19-29(42-44-36(48)40-27-11-7-5-8-12-27)23-26(38)24-33(35)43-45-37(49)41-28-13-9-6-10-14-28/h5-14,25-26,30-32,35H,15-24H2,1-4H3,(H2,40,44,48)(H2,41,45,49)/b42-29+,43-33+/t25-,26+,30-,31+,32+,35+,38+,39-/m1/s1. The van der Waals surface area contributed by atoms with Crippen molar-refractivity contribution in [2.45, 2.75) is 85.0 Å². The van der Waals surface area contributed by atoms with E-state index in [-0.39, 0.29) is 16.8 Å². The van der Waals surface area contributed by atoms with E-state index in [2.05, 4.69) is 42.3 Å². The third kappa shape index (κ3) is 7.70. The molecular weight excluding hydrogens is 649 g/mol. The summed E-state index contributed by atoms with van der Waals surface area (Å²) in [4.78, 5) is 12.0. The molecule has 8 atom stereocenters. The first-order valence-electron chi connectivity index (χ1n) is 18.0. The summed E-state index contributed by atoms with van der Waals surface area (Å²) in [5, 5.41) is 17.6. The molecule has 4 aliphatic rings. The fraction of sp³-hybridized carbons (Fsp3) is 0.564. The molecule has 4 aliphatic carbocycles. The van der Waals surface area contributed by atoms with Gasteiger partial charge in [0, 0.05) is 35.1 Å². The van der Waals surface area contributed by atoms with Crippen LogP contribution in [0.1, 0.15) is 85.0 Å². The van der Waals surface area contributed by atoms with E-state index in [0.29, 0.717) is 52.2 Å². The number of ether oxygens (including phenoxy) is 1. The molecule has 2 aromatic carbocycles. The number of nitrogens with one attached hydrogen (secondary N) is 4. The number of carbonyl (C=O) groups excluding carboxylic acids is 1. The van der Waals surface area contributed by atoms with E-state index in [1.54, 1.807) is 0 Å². The Morgan fingerprint density at radius 3 is 2.10 bits per heavy atom. The molecule has 0 radical (unpaired) electrons. The van der Waals surface area contributed by atoms with Gasteiger partial charge in [-0.1, -0.05) is 57.2 Å². The van der Waals surface area contributed by atoms with Crippen molar-refractivity contribution < 1.29 is 9.53 Å². The van der Waals surface area contributed by atoms with Crippen molar-refractivity contribution >= 4 is 63.4 Å². The number of hydrogen-bond donors (Lipinski definition) is 4. The predicted molar refractivity (Wildman–Crippen MR) is 207 cm³/mol. The first-order valence-corrected chi connectivity index (χ1v) is 18.8. The molecule has 0 bridgehead atoms. The minimum Gasteiger partial charge on any atom is -0.469 e. The van der Waals surface area contributed by atoms with Crippen LogP contribution in [0.4, 0.5) is 11.4 Å². The molecule has 0 spiro atoms. The molecule has 0 aromatic heterocycles. The van der Waals surface area contributed by atoms with Crippen LogP contribution in [-0.4, -0.2) is 34.7 Å². The second-order valence-electron chi connectivity index (χ2n) is 15.3. The number of nitrogens with zero attached hydrogens (tertiary/aromatic N) is 2. The van der Waals surface area contributed by atoms with Crippen LogP contribution in [-0.2, 0) is 9.53 Å². The molecular formula is C39H52N6O2S2. The maximum absolute atomic E-state index is 12.0. The number of esters is 1. The third-order valence-electron chi connectivity index (χ3n) is 12.8. The highest BCUT2D eigenvalue weighted by molar-refractivity contribution is 7.80. The monoisotopic (exact) mass is 700 g/mol. The van der Waals surface area contributed by atoms with Gasteiger partial charge in [0.1, 0.15) is 0 Å². The number of rotatable bonds is 8. The van der Waals surface area contributed by atoms with Gasteiger partial charge in [-0.25, -0.2) is 0 Å². The summed E-state index contributed by atoms with van der Waals surface area (Å²) in [5.74, 6) is 2.92. The van der Waals surface area contributed by atoms with Gasteiger partial charge in [-0.05, 0) is 147 Å². The molecule has 4 saturated carbocycles. The molecule has 0 amide bonds. The molecule has 2 aromatic rings. The molecule has 6 rings (SSSR count). The molecule has 0 aliphatic heterocycles. The number of carbonyl (C=O) groups is 1. The van der Waals surface area contributed by atoms with Gasteiger partial charge in [-0.2, -0.15) is 10.2 Å². The fourth-order valence-corrected chi connectivity index (χ4v) is 10.5.